The topological polar surface area (TPSA) is 100 Å². The van der Waals surface area contributed by atoms with Crippen LogP contribution < -0.4 is 5.32 Å². The van der Waals surface area contributed by atoms with Gasteiger partial charge < -0.3 is 20.1 Å². The lowest BCUT2D eigenvalue weighted by molar-refractivity contribution is -0.384. The van der Waals surface area contributed by atoms with Gasteiger partial charge in [0.1, 0.15) is 0 Å². The van der Waals surface area contributed by atoms with Crippen LogP contribution >= 0.6 is 24.0 Å². The Morgan fingerprint density at radius 3 is 2.57 bits per heavy atom. The Morgan fingerprint density at radius 2 is 1.96 bits per heavy atom. The molecule has 28 heavy (non-hydrogen) atoms. The average molecular weight is 504 g/mol. The number of halogens is 1. The monoisotopic (exact) mass is 504 g/mol. The first-order chi connectivity index (χ1) is 13.1. The molecular weight excluding hydrogens is 475 g/mol. The maximum atomic E-state index is 10.8. The lowest BCUT2D eigenvalue weighted by atomic mass is 10.1. The molecule has 1 aromatic carbocycles. The van der Waals surface area contributed by atoms with E-state index in [4.69, 9.17) is 9.73 Å². The van der Waals surface area contributed by atoms with Gasteiger partial charge in [-0.2, -0.15) is 0 Å². The summed E-state index contributed by atoms with van der Waals surface area (Å²) in [5.74, 6) is 0.814. The van der Waals surface area contributed by atoms with Crippen LogP contribution in [-0.4, -0.2) is 59.3 Å². The molecule has 1 atom stereocenters. The Labute approximate surface area is 182 Å². The van der Waals surface area contributed by atoms with Crippen LogP contribution in [0.2, 0.25) is 0 Å². The molecule has 3 rings (SSSR count). The molecule has 0 spiro atoms. The Hall–Kier alpha value is -1.46. The molecule has 0 aromatic heterocycles. The van der Waals surface area contributed by atoms with Gasteiger partial charge >= 0.3 is 0 Å². The number of aliphatic imine (C=N–C) groups is 1. The molecule has 2 saturated heterocycles. The van der Waals surface area contributed by atoms with Crippen molar-refractivity contribution in [2.45, 2.75) is 50.9 Å². The fraction of sp³-hybridized carbons (Fsp3) is 0.632. The molecule has 0 bridgehead atoms. The zero-order valence-corrected chi connectivity index (χ0v) is 18.3. The summed E-state index contributed by atoms with van der Waals surface area (Å²) in [6.07, 6.45) is 4.81. The number of likely N-dealkylation sites (tertiary alicyclic amines) is 1. The van der Waals surface area contributed by atoms with Gasteiger partial charge in [0.15, 0.2) is 5.96 Å². The van der Waals surface area contributed by atoms with Crippen LogP contribution in [0, 0.1) is 10.1 Å². The standard InChI is InChI=1S/C19H28N4O4.HI/c24-17-8-10-22(11-9-17)19(21-14-18-3-1-2-12-27-18)20-13-15-4-6-16(7-5-15)23(25)26;/h4-7,17-18,24H,1-3,8-14H2,(H,20,21);1H. The van der Waals surface area contributed by atoms with Crippen LogP contribution in [0.3, 0.4) is 0 Å². The number of nitrogens with one attached hydrogen (secondary N) is 1. The number of aliphatic hydroxyl groups is 1. The smallest absolute Gasteiger partial charge is 0.269 e. The van der Waals surface area contributed by atoms with Gasteiger partial charge in [-0.25, -0.2) is 4.99 Å². The zero-order valence-electron chi connectivity index (χ0n) is 16.0. The number of guanidine groups is 1. The normalized spacial score (nSPS) is 21.1. The molecule has 9 heteroatoms. The van der Waals surface area contributed by atoms with Crippen molar-refractivity contribution in [2.75, 3.05) is 26.2 Å². The number of benzene rings is 1. The van der Waals surface area contributed by atoms with E-state index in [0.29, 0.717) is 6.54 Å². The minimum absolute atomic E-state index is 0. The lowest BCUT2D eigenvalue weighted by Crippen LogP contribution is -2.48. The Balaban J connectivity index is 0.00000280. The quantitative estimate of drug-likeness (QED) is 0.210. The highest BCUT2D eigenvalue weighted by Crippen LogP contribution is 2.15. The number of nitro benzene ring substituents is 1. The summed E-state index contributed by atoms with van der Waals surface area (Å²) in [7, 11) is 0. The highest BCUT2D eigenvalue weighted by molar-refractivity contribution is 14.0. The summed E-state index contributed by atoms with van der Waals surface area (Å²) < 4.78 is 5.79. The fourth-order valence-corrected chi connectivity index (χ4v) is 3.41. The molecule has 0 aliphatic carbocycles. The minimum Gasteiger partial charge on any atom is -0.393 e. The Kier molecular flexibility index (Phi) is 9.39. The van der Waals surface area contributed by atoms with Crippen LogP contribution in [0.4, 0.5) is 5.69 Å². The van der Waals surface area contributed by atoms with Crippen LogP contribution in [0.1, 0.15) is 37.7 Å². The van der Waals surface area contributed by atoms with Crippen molar-refractivity contribution in [3.63, 3.8) is 0 Å². The first kappa shape index (κ1) is 22.8. The maximum Gasteiger partial charge on any atom is 0.269 e. The first-order valence-electron chi connectivity index (χ1n) is 9.68. The molecule has 8 nitrogen and oxygen atoms in total. The van der Waals surface area contributed by atoms with Crippen LogP contribution in [0.15, 0.2) is 29.3 Å². The number of nitro groups is 1. The van der Waals surface area contributed by atoms with Crippen LogP contribution in [0.5, 0.6) is 0 Å². The van der Waals surface area contributed by atoms with E-state index in [0.717, 1.165) is 63.4 Å². The second-order valence-electron chi connectivity index (χ2n) is 7.15. The van der Waals surface area contributed by atoms with E-state index in [1.54, 1.807) is 12.1 Å². The Morgan fingerprint density at radius 1 is 1.25 bits per heavy atom. The SMILES string of the molecule is I.O=[N+]([O-])c1ccc(CN=C(NCC2CCCCO2)N2CCC(O)CC2)cc1. The van der Waals surface area contributed by atoms with Crippen LogP contribution in [-0.2, 0) is 11.3 Å². The van der Waals surface area contributed by atoms with Crippen molar-refractivity contribution in [3.8, 4) is 0 Å². The van der Waals surface area contributed by atoms with Gasteiger partial charge in [0, 0.05) is 38.4 Å². The molecule has 1 aromatic rings. The van der Waals surface area contributed by atoms with Crippen molar-refractivity contribution < 1.29 is 14.8 Å². The van der Waals surface area contributed by atoms with E-state index in [-0.39, 0.29) is 41.9 Å². The molecular formula is C19H29IN4O4. The number of non-ortho nitro benzene ring substituents is 1. The third kappa shape index (κ3) is 6.85. The second kappa shape index (κ2) is 11.5. The third-order valence-corrected chi connectivity index (χ3v) is 5.08. The highest BCUT2D eigenvalue weighted by atomic mass is 127. The largest absolute Gasteiger partial charge is 0.393 e. The minimum atomic E-state index is -0.400. The number of hydrogen-bond donors (Lipinski definition) is 2. The van der Waals surface area contributed by atoms with Gasteiger partial charge in [0.2, 0.25) is 0 Å². The predicted molar refractivity (Wildman–Crippen MR) is 118 cm³/mol. The van der Waals surface area contributed by atoms with E-state index >= 15 is 0 Å². The number of nitrogens with zero attached hydrogens (tertiary/aromatic N) is 3. The summed E-state index contributed by atoms with van der Waals surface area (Å²) in [4.78, 5) is 17.3. The number of rotatable bonds is 5. The molecule has 2 fully saturated rings. The molecule has 2 aliphatic rings. The number of ether oxygens (including phenoxy) is 1. The van der Waals surface area contributed by atoms with Crippen molar-refractivity contribution in [2.24, 2.45) is 4.99 Å². The Bertz CT molecular complexity index is 642. The highest BCUT2D eigenvalue weighted by Gasteiger charge is 2.21. The van der Waals surface area contributed by atoms with Gasteiger partial charge in [-0.1, -0.05) is 12.1 Å². The maximum absolute atomic E-state index is 10.8. The molecule has 2 aliphatic heterocycles. The molecule has 156 valence electrons. The van der Waals surface area contributed by atoms with Gasteiger partial charge in [-0.15, -0.1) is 24.0 Å². The van der Waals surface area contributed by atoms with E-state index in [2.05, 4.69) is 10.2 Å². The molecule has 1 unspecified atom stereocenters. The molecule has 0 saturated carbocycles. The van der Waals surface area contributed by atoms with Gasteiger partial charge in [0.25, 0.3) is 5.69 Å². The van der Waals surface area contributed by atoms with E-state index < -0.39 is 4.92 Å². The van der Waals surface area contributed by atoms with Gasteiger partial charge in [-0.3, -0.25) is 10.1 Å². The summed E-state index contributed by atoms with van der Waals surface area (Å²) in [6, 6.07) is 6.49. The summed E-state index contributed by atoms with van der Waals surface area (Å²) in [5, 5.41) is 24.0. The lowest BCUT2D eigenvalue weighted by Gasteiger charge is -2.33. The number of hydrogen-bond acceptors (Lipinski definition) is 5. The summed E-state index contributed by atoms with van der Waals surface area (Å²) >= 11 is 0. The fourth-order valence-electron chi connectivity index (χ4n) is 3.41. The zero-order chi connectivity index (χ0) is 19.1. The van der Waals surface area contributed by atoms with Crippen molar-refractivity contribution in [1.82, 2.24) is 10.2 Å². The molecule has 0 radical (unpaired) electrons. The van der Waals surface area contributed by atoms with Gasteiger partial charge in [0.05, 0.1) is 23.7 Å². The molecule has 2 heterocycles. The van der Waals surface area contributed by atoms with Crippen molar-refractivity contribution in [1.29, 1.82) is 0 Å². The van der Waals surface area contributed by atoms with Crippen molar-refractivity contribution in [3.05, 3.63) is 39.9 Å². The number of aliphatic hydroxyl groups excluding tert-OH is 1. The first-order valence-corrected chi connectivity index (χ1v) is 9.68. The molecule has 2 N–H and O–H groups in total. The third-order valence-electron chi connectivity index (χ3n) is 5.08. The average Bonchev–Trinajstić information content (AvgIpc) is 2.70. The molecule has 0 amide bonds. The predicted octanol–water partition coefficient (Wildman–Crippen LogP) is 2.68. The van der Waals surface area contributed by atoms with E-state index in [9.17, 15) is 15.2 Å². The summed E-state index contributed by atoms with van der Waals surface area (Å²) in [5.41, 5.74) is 1.01. The van der Waals surface area contributed by atoms with Crippen molar-refractivity contribution >= 4 is 35.6 Å². The van der Waals surface area contributed by atoms with E-state index in [1.165, 1.54) is 18.6 Å². The van der Waals surface area contributed by atoms with Gasteiger partial charge in [-0.05, 0) is 37.7 Å². The summed E-state index contributed by atoms with van der Waals surface area (Å²) in [6.45, 7) is 3.51. The van der Waals surface area contributed by atoms with E-state index in [1.807, 2.05) is 0 Å². The number of piperidine rings is 1. The second-order valence-corrected chi connectivity index (χ2v) is 7.15. The van der Waals surface area contributed by atoms with Crippen LogP contribution in [0.25, 0.3) is 0 Å².